The van der Waals surface area contributed by atoms with Crippen molar-refractivity contribution in [2.24, 2.45) is 4.99 Å². The predicted molar refractivity (Wildman–Crippen MR) is 59.5 cm³/mol. The minimum Gasteiger partial charge on any atom is -0.362 e. The molecule has 0 aromatic carbocycles. The molecule has 2 rings (SSSR count). The highest BCUT2D eigenvalue weighted by Crippen LogP contribution is 2.23. The highest BCUT2D eigenvalue weighted by Gasteiger charge is 2.25. The Morgan fingerprint density at radius 3 is 2.64 bits per heavy atom. The molecule has 1 aliphatic heterocycles. The summed E-state index contributed by atoms with van der Waals surface area (Å²) in [5.41, 5.74) is 0. The molecular weight excluding hydrogens is 196 g/mol. The Morgan fingerprint density at radius 2 is 2.07 bits per heavy atom. The molecule has 1 heterocycles. The molecule has 3 nitrogen and oxygen atoms in total. The Morgan fingerprint density at radius 1 is 1.36 bits per heavy atom. The van der Waals surface area contributed by atoms with E-state index >= 15 is 0 Å². The van der Waals surface area contributed by atoms with Crippen molar-refractivity contribution >= 4 is 22.8 Å². The van der Waals surface area contributed by atoms with Crippen LogP contribution in [0.25, 0.3) is 0 Å². The second kappa shape index (κ2) is 4.34. The zero-order valence-electron chi connectivity index (χ0n) is 8.45. The standard InChI is InChI=1S/C10H16N2OS/c1-7-9(13)12-10(14-7)11-8-5-3-2-4-6-8/h7-8H,2-6H2,1H3,(H,11,12,13). The average molecular weight is 212 g/mol. The van der Waals surface area contributed by atoms with Gasteiger partial charge >= 0.3 is 0 Å². The predicted octanol–water partition coefficient (Wildman–Crippen LogP) is 1.93. The normalized spacial score (nSPS) is 29.1. The van der Waals surface area contributed by atoms with Crippen LogP contribution in [0, 0.1) is 0 Å². The van der Waals surface area contributed by atoms with Crippen molar-refractivity contribution in [3.63, 3.8) is 0 Å². The third kappa shape index (κ3) is 2.29. The Labute approximate surface area is 88.7 Å². The van der Waals surface area contributed by atoms with E-state index in [9.17, 15) is 4.79 Å². The number of thioether (sulfide) groups is 1. The molecule has 78 valence electrons. The fourth-order valence-corrected chi connectivity index (χ4v) is 2.79. The number of hydrogen-bond acceptors (Lipinski definition) is 3. The number of nitrogens with zero attached hydrogens (tertiary/aromatic N) is 1. The fraction of sp³-hybridized carbons (Fsp3) is 0.800. The molecule has 0 radical (unpaired) electrons. The Bertz CT molecular complexity index is 259. The van der Waals surface area contributed by atoms with Crippen LogP contribution in [0.5, 0.6) is 0 Å². The summed E-state index contributed by atoms with van der Waals surface area (Å²) in [6.45, 7) is 1.91. The summed E-state index contributed by atoms with van der Waals surface area (Å²) in [5, 5.41) is 4.23. The fourth-order valence-electron chi connectivity index (χ4n) is 1.92. The van der Waals surface area contributed by atoms with Gasteiger partial charge in [-0.05, 0) is 19.8 Å². The zero-order valence-corrected chi connectivity index (χ0v) is 9.27. The van der Waals surface area contributed by atoms with Crippen LogP contribution >= 0.6 is 11.8 Å². The summed E-state index contributed by atoms with van der Waals surface area (Å²) >= 11 is 1.56. The molecule has 1 aliphatic carbocycles. The van der Waals surface area contributed by atoms with Gasteiger partial charge in [-0.3, -0.25) is 4.79 Å². The Kier molecular flexibility index (Phi) is 3.11. The number of amidine groups is 1. The second-order valence-electron chi connectivity index (χ2n) is 3.99. The maximum Gasteiger partial charge on any atom is 0.261 e. The van der Waals surface area contributed by atoms with Crippen molar-refractivity contribution in [3.05, 3.63) is 0 Å². The average Bonchev–Trinajstić information content (AvgIpc) is 2.47. The van der Waals surface area contributed by atoms with Gasteiger partial charge in [0.1, 0.15) is 0 Å². The number of aliphatic imine (C=N–C) groups is 1. The SMILES string of the molecule is CC1SC(NC2CCCCC2)=NC1=O. The number of amides is 1. The Hall–Kier alpha value is -0.510. The maximum absolute atomic E-state index is 11.2. The summed E-state index contributed by atoms with van der Waals surface area (Å²) in [5.74, 6) is 0.00769. The van der Waals surface area contributed by atoms with Crippen LogP contribution in [0.15, 0.2) is 4.99 Å². The van der Waals surface area contributed by atoms with Gasteiger partial charge in [-0.1, -0.05) is 31.0 Å². The van der Waals surface area contributed by atoms with Crippen molar-refractivity contribution in [1.82, 2.24) is 5.32 Å². The number of nitrogens with one attached hydrogen (secondary N) is 1. The third-order valence-corrected chi connectivity index (χ3v) is 3.77. The van der Waals surface area contributed by atoms with Crippen LogP contribution in [-0.4, -0.2) is 22.4 Å². The lowest BCUT2D eigenvalue weighted by Crippen LogP contribution is -2.34. The molecule has 1 unspecified atom stereocenters. The van der Waals surface area contributed by atoms with Crippen molar-refractivity contribution < 1.29 is 4.79 Å². The largest absolute Gasteiger partial charge is 0.362 e. The molecule has 1 amide bonds. The van der Waals surface area contributed by atoms with Gasteiger partial charge in [-0.25, -0.2) is 0 Å². The van der Waals surface area contributed by atoms with Gasteiger partial charge in [-0.2, -0.15) is 4.99 Å². The van der Waals surface area contributed by atoms with E-state index in [0.717, 1.165) is 5.17 Å². The smallest absolute Gasteiger partial charge is 0.261 e. The van der Waals surface area contributed by atoms with E-state index in [0.29, 0.717) is 6.04 Å². The lowest BCUT2D eigenvalue weighted by molar-refractivity contribution is -0.116. The highest BCUT2D eigenvalue weighted by molar-refractivity contribution is 8.15. The monoisotopic (exact) mass is 212 g/mol. The first-order chi connectivity index (χ1) is 6.75. The van der Waals surface area contributed by atoms with Crippen molar-refractivity contribution in [2.75, 3.05) is 0 Å². The minimum atomic E-state index is 0.00769. The molecule has 1 fully saturated rings. The van der Waals surface area contributed by atoms with E-state index in [1.165, 1.54) is 32.1 Å². The molecule has 0 aromatic rings. The van der Waals surface area contributed by atoms with Gasteiger partial charge in [-0.15, -0.1) is 0 Å². The minimum absolute atomic E-state index is 0.00769. The van der Waals surface area contributed by atoms with Crippen LogP contribution in [-0.2, 0) is 4.79 Å². The van der Waals surface area contributed by atoms with Crippen LogP contribution in [0.1, 0.15) is 39.0 Å². The number of rotatable bonds is 1. The van der Waals surface area contributed by atoms with E-state index in [1.54, 1.807) is 11.8 Å². The van der Waals surface area contributed by atoms with E-state index in [-0.39, 0.29) is 11.2 Å². The van der Waals surface area contributed by atoms with Gasteiger partial charge in [0.05, 0.1) is 5.25 Å². The first kappa shape index (κ1) is 10.0. The summed E-state index contributed by atoms with van der Waals surface area (Å²) in [4.78, 5) is 15.2. The topological polar surface area (TPSA) is 41.5 Å². The molecule has 2 aliphatic rings. The van der Waals surface area contributed by atoms with Gasteiger partial charge in [0.15, 0.2) is 5.17 Å². The van der Waals surface area contributed by atoms with Gasteiger partial charge in [0.25, 0.3) is 5.91 Å². The highest BCUT2D eigenvalue weighted by atomic mass is 32.2. The summed E-state index contributed by atoms with van der Waals surface area (Å²) in [6, 6.07) is 0.549. The third-order valence-electron chi connectivity index (χ3n) is 2.78. The number of hydrogen-bond donors (Lipinski definition) is 1. The molecule has 0 spiro atoms. The van der Waals surface area contributed by atoms with Gasteiger partial charge in [0, 0.05) is 6.04 Å². The quantitative estimate of drug-likeness (QED) is 0.722. The summed E-state index contributed by atoms with van der Waals surface area (Å²) < 4.78 is 0. The zero-order chi connectivity index (χ0) is 9.97. The summed E-state index contributed by atoms with van der Waals surface area (Å²) in [6.07, 6.45) is 6.41. The van der Waals surface area contributed by atoms with E-state index in [4.69, 9.17) is 0 Å². The molecule has 0 saturated heterocycles. The van der Waals surface area contributed by atoms with Crippen molar-refractivity contribution in [2.45, 2.75) is 50.3 Å². The van der Waals surface area contributed by atoms with E-state index < -0.39 is 0 Å². The lowest BCUT2D eigenvalue weighted by Gasteiger charge is -2.23. The molecule has 0 aromatic heterocycles. The van der Waals surface area contributed by atoms with E-state index in [1.807, 2.05) is 6.92 Å². The summed E-state index contributed by atoms with van der Waals surface area (Å²) in [7, 11) is 0. The molecule has 1 N–H and O–H groups in total. The lowest BCUT2D eigenvalue weighted by atomic mass is 9.96. The molecule has 14 heavy (non-hydrogen) atoms. The van der Waals surface area contributed by atoms with Gasteiger partial charge in [0.2, 0.25) is 0 Å². The number of carbonyl (C=O) groups is 1. The molecular formula is C10H16N2OS. The van der Waals surface area contributed by atoms with Crippen LogP contribution in [0.4, 0.5) is 0 Å². The first-order valence-electron chi connectivity index (χ1n) is 5.31. The van der Waals surface area contributed by atoms with Crippen LogP contribution < -0.4 is 5.32 Å². The Balaban J connectivity index is 1.85. The first-order valence-corrected chi connectivity index (χ1v) is 6.19. The molecule has 0 bridgehead atoms. The second-order valence-corrected chi connectivity index (χ2v) is 5.32. The maximum atomic E-state index is 11.2. The van der Waals surface area contributed by atoms with E-state index in [2.05, 4.69) is 10.3 Å². The molecule has 4 heteroatoms. The molecule has 1 atom stereocenters. The molecule has 1 saturated carbocycles. The van der Waals surface area contributed by atoms with Crippen LogP contribution in [0.2, 0.25) is 0 Å². The van der Waals surface area contributed by atoms with Crippen molar-refractivity contribution in [1.29, 1.82) is 0 Å². The van der Waals surface area contributed by atoms with Gasteiger partial charge < -0.3 is 5.32 Å². The van der Waals surface area contributed by atoms with Crippen molar-refractivity contribution in [3.8, 4) is 0 Å². The van der Waals surface area contributed by atoms with Crippen LogP contribution in [0.3, 0.4) is 0 Å². The number of carbonyl (C=O) groups excluding carboxylic acids is 1.